The van der Waals surface area contributed by atoms with Crippen LogP contribution in [-0.2, 0) is 0 Å². The molecule has 0 aliphatic carbocycles. The van der Waals surface area contributed by atoms with E-state index in [-0.39, 0.29) is 0 Å². The first kappa shape index (κ1) is 11.2. The van der Waals surface area contributed by atoms with Crippen LogP contribution < -0.4 is 4.74 Å². The third-order valence-corrected chi connectivity index (χ3v) is 2.90. The second-order valence-corrected chi connectivity index (χ2v) is 4.54. The van der Waals surface area contributed by atoms with Crippen molar-refractivity contribution in [2.75, 3.05) is 7.11 Å². The number of ether oxygens (including phenoxy) is 1. The predicted molar refractivity (Wildman–Crippen MR) is 69.7 cm³/mol. The molecule has 2 heteroatoms. The van der Waals surface area contributed by atoms with Crippen LogP contribution in [0, 0.1) is 13.0 Å². The van der Waals surface area contributed by atoms with E-state index < -0.39 is 0 Å². The average Bonchev–Trinajstić information content (AvgIpc) is 2.29. The maximum atomic E-state index is 5.35. The van der Waals surface area contributed by atoms with Crippen molar-refractivity contribution < 1.29 is 4.74 Å². The van der Waals surface area contributed by atoms with Crippen molar-refractivity contribution in [2.45, 2.75) is 6.92 Å². The predicted octanol–water partition coefficient (Wildman–Crippen LogP) is 4.23. The Bertz CT molecular complexity index is 506. The van der Waals surface area contributed by atoms with Crippen molar-refractivity contribution in [1.82, 2.24) is 0 Å². The Hall–Kier alpha value is -1.28. The number of hydrogen-bond acceptors (Lipinski definition) is 1. The van der Waals surface area contributed by atoms with E-state index >= 15 is 0 Å². The van der Waals surface area contributed by atoms with Crippen molar-refractivity contribution in [3.63, 3.8) is 0 Å². The van der Waals surface area contributed by atoms with Gasteiger partial charge in [0.1, 0.15) is 5.75 Å². The Morgan fingerprint density at radius 2 is 2.00 bits per heavy atom. The van der Waals surface area contributed by atoms with Crippen molar-refractivity contribution in [3.8, 4) is 16.9 Å². The molecule has 0 aliphatic heterocycles. The molecule has 0 spiro atoms. The van der Waals surface area contributed by atoms with Crippen molar-refractivity contribution in [1.29, 1.82) is 0 Å². The van der Waals surface area contributed by atoms with E-state index in [0.29, 0.717) is 0 Å². The minimum absolute atomic E-state index is 0.866. The van der Waals surface area contributed by atoms with Gasteiger partial charge in [-0.1, -0.05) is 39.7 Å². The number of halogens is 1. The first-order valence-electron chi connectivity index (χ1n) is 5.03. The van der Waals surface area contributed by atoms with Crippen molar-refractivity contribution in [2.24, 2.45) is 0 Å². The molecule has 0 heterocycles. The Kier molecular flexibility index (Phi) is 3.30. The molecule has 0 unspecified atom stereocenters. The van der Waals surface area contributed by atoms with Crippen LogP contribution in [0.4, 0.5) is 0 Å². The molecule has 1 nitrogen and oxygen atoms in total. The fourth-order valence-electron chi connectivity index (χ4n) is 1.63. The maximum Gasteiger partial charge on any atom is 0.126 e. The summed E-state index contributed by atoms with van der Waals surface area (Å²) in [6.07, 6.45) is 0. The molecule has 1 radical (unpaired) electrons. The van der Waals surface area contributed by atoms with E-state index in [1.807, 2.05) is 30.3 Å². The molecule has 0 N–H and O–H groups in total. The Morgan fingerprint density at radius 3 is 2.69 bits per heavy atom. The van der Waals surface area contributed by atoms with E-state index in [4.69, 9.17) is 4.74 Å². The second-order valence-electron chi connectivity index (χ2n) is 3.62. The van der Waals surface area contributed by atoms with Crippen LogP contribution in [0.1, 0.15) is 5.56 Å². The summed E-state index contributed by atoms with van der Waals surface area (Å²) in [5.74, 6) is 0.866. The highest BCUT2D eigenvalue weighted by atomic mass is 79.9. The summed E-state index contributed by atoms with van der Waals surface area (Å²) in [4.78, 5) is 0. The third-order valence-electron chi connectivity index (χ3n) is 2.41. The van der Waals surface area contributed by atoms with Gasteiger partial charge in [0, 0.05) is 10.0 Å². The highest BCUT2D eigenvalue weighted by molar-refractivity contribution is 9.10. The molecule has 0 saturated heterocycles. The van der Waals surface area contributed by atoms with Gasteiger partial charge in [0.2, 0.25) is 0 Å². The molecule has 0 amide bonds. The monoisotopic (exact) mass is 275 g/mol. The molecule has 2 aromatic rings. The number of rotatable bonds is 2. The quantitative estimate of drug-likeness (QED) is 0.797. The van der Waals surface area contributed by atoms with Crippen molar-refractivity contribution >= 4 is 15.9 Å². The van der Waals surface area contributed by atoms with E-state index in [1.165, 1.54) is 5.56 Å². The largest absolute Gasteiger partial charge is 0.496 e. The summed E-state index contributed by atoms with van der Waals surface area (Å²) in [6.45, 7) is 2.07. The van der Waals surface area contributed by atoms with Gasteiger partial charge in [-0.05, 0) is 36.8 Å². The summed E-state index contributed by atoms with van der Waals surface area (Å²) in [6, 6.07) is 15.3. The van der Waals surface area contributed by atoms with Gasteiger partial charge in [-0.3, -0.25) is 0 Å². The van der Waals surface area contributed by atoms with Crippen LogP contribution in [0.15, 0.2) is 40.9 Å². The lowest BCUT2D eigenvalue weighted by molar-refractivity contribution is 0.416. The minimum Gasteiger partial charge on any atom is -0.496 e. The summed E-state index contributed by atoms with van der Waals surface area (Å²) in [5, 5.41) is 0. The van der Waals surface area contributed by atoms with Crippen LogP contribution in [0.25, 0.3) is 11.1 Å². The number of hydrogen-bond donors (Lipinski definition) is 0. The zero-order valence-corrected chi connectivity index (χ0v) is 10.8. The van der Waals surface area contributed by atoms with Gasteiger partial charge in [-0.25, -0.2) is 0 Å². The fraction of sp³-hybridized carbons (Fsp3) is 0.143. The van der Waals surface area contributed by atoms with Crippen LogP contribution >= 0.6 is 15.9 Å². The smallest absolute Gasteiger partial charge is 0.126 e. The van der Waals surface area contributed by atoms with Gasteiger partial charge in [-0.15, -0.1) is 0 Å². The van der Waals surface area contributed by atoms with Gasteiger partial charge in [0.05, 0.1) is 7.11 Å². The zero-order chi connectivity index (χ0) is 11.5. The molecule has 0 saturated carbocycles. The minimum atomic E-state index is 0.866. The van der Waals surface area contributed by atoms with Crippen LogP contribution in [0.2, 0.25) is 0 Å². The van der Waals surface area contributed by atoms with E-state index in [1.54, 1.807) is 7.11 Å². The molecular weight excluding hydrogens is 264 g/mol. The normalized spacial score (nSPS) is 10.2. The molecule has 2 aromatic carbocycles. The number of methoxy groups -OCH3 is 1. The molecule has 0 fully saturated rings. The van der Waals surface area contributed by atoms with Gasteiger partial charge < -0.3 is 4.74 Å². The summed E-state index contributed by atoms with van der Waals surface area (Å²) >= 11 is 3.47. The number of benzene rings is 2. The molecule has 0 atom stereocenters. The van der Waals surface area contributed by atoms with E-state index in [2.05, 4.69) is 35.0 Å². The molecule has 2 rings (SSSR count). The van der Waals surface area contributed by atoms with Gasteiger partial charge in [-0.2, -0.15) is 0 Å². The number of aryl methyl sites for hydroxylation is 1. The first-order chi connectivity index (χ1) is 7.70. The van der Waals surface area contributed by atoms with Crippen LogP contribution in [-0.4, -0.2) is 7.11 Å². The Balaban J connectivity index is 2.58. The molecule has 16 heavy (non-hydrogen) atoms. The highest BCUT2D eigenvalue weighted by Crippen LogP contribution is 2.32. The van der Waals surface area contributed by atoms with E-state index in [0.717, 1.165) is 21.3 Å². The lowest BCUT2D eigenvalue weighted by Gasteiger charge is -2.09. The summed E-state index contributed by atoms with van der Waals surface area (Å²) in [7, 11) is 1.68. The first-order valence-corrected chi connectivity index (χ1v) is 5.82. The molecular formula is C14H12BrO. The fourth-order valence-corrected chi connectivity index (χ4v) is 1.99. The van der Waals surface area contributed by atoms with Crippen LogP contribution in [0.5, 0.6) is 5.75 Å². The lowest BCUT2D eigenvalue weighted by Crippen LogP contribution is -1.88. The van der Waals surface area contributed by atoms with Gasteiger partial charge >= 0.3 is 0 Å². The Morgan fingerprint density at radius 1 is 1.19 bits per heavy atom. The Labute approximate surface area is 104 Å². The van der Waals surface area contributed by atoms with Gasteiger partial charge in [0.15, 0.2) is 0 Å². The van der Waals surface area contributed by atoms with Crippen LogP contribution in [0.3, 0.4) is 0 Å². The zero-order valence-electron chi connectivity index (χ0n) is 9.25. The molecule has 81 valence electrons. The highest BCUT2D eigenvalue weighted by Gasteiger charge is 2.06. The lowest BCUT2D eigenvalue weighted by atomic mass is 10.0. The second kappa shape index (κ2) is 4.71. The molecule has 0 aliphatic rings. The van der Waals surface area contributed by atoms with E-state index in [9.17, 15) is 0 Å². The standard InChI is InChI=1S/C14H12BrO/c1-10-4-3-5-11(8-10)13-9-12(15)6-7-14(13)16-2/h3-4,6-9H,1-2H3. The van der Waals surface area contributed by atoms with Crippen molar-refractivity contribution in [3.05, 3.63) is 52.5 Å². The maximum absolute atomic E-state index is 5.35. The SMILES string of the molecule is COc1ccc(Br)cc1-c1[c]ccc(C)c1. The summed E-state index contributed by atoms with van der Waals surface area (Å²) < 4.78 is 6.39. The summed E-state index contributed by atoms with van der Waals surface area (Å²) in [5.41, 5.74) is 3.33. The molecule has 0 aromatic heterocycles. The third kappa shape index (κ3) is 2.27. The molecule has 0 bridgehead atoms. The topological polar surface area (TPSA) is 9.23 Å². The average molecular weight is 276 g/mol. The van der Waals surface area contributed by atoms with Gasteiger partial charge in [0.25, 0.3) is 0 Å².